The van der Waals surface area contributed by atoms with E-state index in [-0.39, 0.29) is 0 Å². The highest BCUT2D eigenvalue weighted by Crippen LogP contribution is 2.45. The van der Waals surface area contributed by atoms with Crippen LogP contribution in [0.1, 0.15) is 0 Å². The summed E-state index contributed by atoms with van der Waals surface area (Å²) < 4.78 is 24.3. The van der Waals surface area contributed by atoms with Crippen LogP contribution in [0, 0.1) is 0 Å². The van der Waals surface area contributed by atoms with Crippen molar-refractivity contribution < 1.29 is 13.3 Å². The van der Waals surface area contributed by atoms with Crippen molar-refractivity contribution in [1.29, 1.82) is 0 Å². The maximum atomic E-state index is 7.17. The van der Waals surface area contributed by atoms with Crippen molar-refractivity contribution in [1.82, 2.24) is 9.13 Å². The fraction of sp³-hybridized carbons (Fsp3) is 0. The summed E-state index contributed by atoms with van der Waals surface area (Å²) in [5.41, 5.74) is 12.0. The fourth-order valence-corrected chi connectivity index (χ4v) is 9.06. The smallest absolute Gasteiger partial charge is 0.145 e. The molecule has 8 aromatic carbocycles. The standard InChI is InChI=1S/C48H26N2O3.C2H4/c1-5-13-37-33(11-1)45-39(49(37)27-17-23-43-35(25-27)29-9-3-7-15-41(29)51-43)21-19-31-32-20-22-40-46(48(32)53-47(31)45)34-12-2-6-14-38(34)50(40)28-18-24-44-36(26-28)30-10-4-8-16-42(30)52-44;1-2/h1-26H;1-2H2. The summed E-state index contributed by atoms with van der Waals surface area (Å²) in [6, 6.07) is 55.7. The van der Waals surface area contributed by atoms with Gasteiger partial charge in [-0.3, -0.25) is 0 Å². The average molecular weight is 707 g/mol. The van der Waals surface area contributed by atoms with Gasteiger partial charge in [0, 0.05) is 54.5 Å². The molecular formula is C50H30N2O3. The van der Waals surface area contributed by atoms with E-state index in [2.05, 4.69) is 156 Å². The number of hydrogen-bond donors (Lipinski definition) is 0. The summed E-state index contributed by atoms with van der Waals surface area (Å²) in [7, 11) is 0. The number of fused-ring (bicyclic) bond motifs is 17. The molecule has 0 unspecified atom stereocenters. The van der Waals surface area contributed by atoms with Gasteiger partial charge in [-0.2, -0.15) is 0 Å². The van der Waals surface area contributed by atoms with Gasteiger partial charge >= 0.3 is 0 Å². The van der Waals surface area contributed by atoms with E-state index in [1.165, 1.54) is 0 Å². The molecule has 5 heterocycles. The molecule has 13 aromatic rings. The molecule has 0 radical (unpaired) electrons. The molecule has 0 bridgehead atoms. The lowest BCUT2D eigenvalue weighted by atomic mass is 10.1. The Morgan fingerprint density at radius 2 is 0.709 bits per heavy atom. The summed E-state index contributed by atoms with van der Waals surface area (Å²) in [5, 5.41) is 11.2. The van der Waals surface area contributed by atoms with E-state index in [4.69, 9.17) is 13.3 Å². The molecule has 0 spiro atoms. The van der Waals surface area contributed by atoms with Crippen LogP contribution >= 0.6 is 0 Å². The van der Waals surface area contributed by atoms with Crippen LogP contribution in [-0.2, 0) is 0 Å². The summed E-state index contributed by atoms with van der Waals surface area (Å²) in [4.78, 5) is 0. The minimum absolute atomic E-state index is 0.886. The van der Waals surface area contributed by atoms with Gasteiger partial charge in [0.25, 0.3) is 0 Å². The molecule has 5 nitrogen and oxygen atoms in total. The van der Waals surface area contributed by atoms with E-state index < -0.39 is 0 Å². The number of rotatable bonds is 2. The van der Waals surface area contributed by atoms with E-state index >= 15 is 0 Å². The number of aromatic nitrogens is 2. The van der Waals surface area contributed by atoms with E-state index in [1.807, 2.05) is 24.3 Å². The summed E-state index contributed by atoms with van der Waals surface area (Å²) in [5.74, 6) is 0. The van der Waals surface area contributed by atoms with Gasteiger partial charge in [-0.05, 0) is 84.9 Å². The number of nitrogens with zero attached hydrogens (tertiary/aromatic N) is 2. The van der Waals surface area contributed by atoms with Crippen LogP contribution in [0.25, 0.3) is 121 Å². The van der Waals surface area contributed by atoms with Gasteiger partial charge in [-0.15, -0.1) is 13.2 Å². The molecule has 0 amide bonds. The predicted molar refractivity (Wildman–Crippen MR) is 228 cm³/mol. The Morgan fingerprint density at radius 3 is 1.18 bits per heavy atom. The zero-order valence-corrected chi connectivity index (χ0v) is 29.5. The number of furan rings is 3. The van der Waals surface area contributed by atoms with Gasteiger partial charge < -0.3 is 22.4 Å². The zero-order chi connectivity index (χ0) is 36.4. The van der Waals surface area contributed by atoms with E-state index in [9.17, 15) is 0 Å². The lowest BCUT2D eigenvalue weighted by Gasteiger charge is -2.08. The first-order valence-corrected chi connectivity index (χ1v) is 18.4. The number of para-hydroxylation sites is 4. The van der Waals surface area contributed by atoms with Crippen molar-refractivity contribution in [2.24, 2.45) is 0 Å². The highest BCUT2D eigenvalue weighted by atomic mass is 16.3. The molecule has 5 heteroatoms. The average Bonchev–Trinajstić information content (AvgIpc) is 4.05. The lowest BCUT2D eigenvalue weighted by molar-refractivity contribution is 0.668. The molecule has 0 saturated heterocycles. The Labute approximate surface area is 313 Å². The second-order valence-electron chi connectivity index (χ2n) is 14.0. The predicted octanol–water partition coefficient (Wildman–Crippen LogP) is 14.4. The van der Waals surface area contributed by atoms with Crippen molar-refractivity contribution in [3.8, 4) is 11.4 Å². The van der Waals surface area contributed by atoms with E-state index in [1.54, 1.807) is 0 Å². The molecule has 0 aliphatic carbocycles. The molecule has 258 valence electrons. The van der Waals surface area contributed by atoms with Crippen molar-refractivity contribution in [3.63, 3.8) is 0 Å². The SMILES string of the molecule is C=C.c1ccc2c(c1)oc1ccc(-n3c4ccccc4c4c5oc6c(ccc7c6c6ccccc6n7-c6ccc7oc8ccccc8c7c6)c5ccc43)cc12. The molecule has 5 aromatic heterocycles. The molecule has 0 saturated carbocycles. The highest BCUT2D eigenvalue weighted by molar-refractivity contribution is 6.29. The van der Waals surface area contributed by atoms with Crippen LogP contribution < -0.4 is 0 Å². The first-order valence-electron chi connectivity index (χ1n) is 18.4. The van der Waals surface area contributed by atoms with Crippen LogP contribution in [0.5, 0.6) is 0 Å². The molecule has 0 N–H and O–H groups in total. The first kappa shape index (κ1) is 30.0. The Kier molecular flexibility index (Phi) is 6.01. The number of hydrogen-bond acceptors (Lipinski definition) is 3. The Bertz CT molecular complexity index is 3470. The largest absolute Gasteiger partial charge is 0.456 e. The van der Waals surface area contributed by atoms with Crippen molar-refractivity contribution >= 4 is 109 Å². The minimum atomic E-state index is 0.886. The molecule has 0 atom stereocenters. The van der Waals surface area contributed by atoms with Crippen LogP contribution in [-0.4, -0.2) is 9.13 Å². The zero-order valence-electron chi connectivity index (χ0n) is 29.5. The minimum Gasteiger partial charge on any atom is -0.456 e. The normalized spacial score (nSPS) is 12.1. The quantitative estimate of drug-likeness (QED) is 0.168. The molecule has 0 aliphatic rings. The third kappa shape index (κ3) is 3.96. The maximum Gasteiger partial charge on any atom is 0.145 e. The van der Waals surface area contributed by atoms with Gasteiger partial charge in [0.1, 0.15) is 33.5 Å². The van der Waals surface area contributed by atoms with Gasteiger partial charge in [-0.1, -0.05) is 72.8 Å². The second-order valence-corrected chi connectivity index (χ2v) is 14.0. The third-order valence-corrected chi connectivity index (χ3v) is 11.3. The van der Waals surface area contributed by atoms with Gasteiger partial charge in [0.15, 0.2) is 0 Å². The molecule has 13 rings (SSSR count). The Hall–Kier alpha value is -7.50. The number of benzene rings is 8. The van der Waals surface area contributed by atoms with Crippen LogP contribution in [0.3, 0.4) is 0 Å². The third-order valence-electron chi connectivity index (χ3n) is 11.3. The van der Waals surface area contributed by atoms with Gasteiger partial charge in [-0.25, -0.2) is 0 Å². The first-order chi connectivity index (χ1) is 27.3. The molecule has 0 fully saturated rings. The van der Waals surface area contributed by atoms with Crippen molar-refractivity contribution in [3.05, 3.63) is 171 Å². The topological polar surface area (TPSA) is 49.3 Å². The summed E-state index contributed by atoms with van der Waals surface area (Å²) >= 11 is 0. The summed E-state index contributed by atoms with van der Waals surface area (Å²) in [6.45, 7) is 6.00. The van der Waals surface area contributed by atoms with Gasteiger partial charge in [0.05, 0.1) is 32.8 Å². The van der Waals surface area contributed by atoms with Crippen molar-refractivity contribution in [2.45, 2.75) is 0 Å². The highest BCUT2D eigenvalue weighted by Gasteiger charge is 2.23. The van der Waals surface area contributed by atoms with E-state index in [0.717, 1.165) is 121 Å². The van der Waals surface area contributed by atoms with Crippen LogP contribution in [0.2, 0.25) is 0 Å². The van der Waals surface area contributed by atoms with Crippen LogP contribution in [0.15, 0.2) is 184 Å². The molecule has 55 heavy (non-hydrogen) atoms. The monoisotopic (exact) mass is 706 g/mol. The second kappa shape index (κ2) is 11.0. The summed E-state index contributed by atoms with van der Waals surface area (Å²) in [6.07, 6.45) is 0. The van der Waals surface area contributed by atoms with Gasteiger partial charge in [0.2, 0.25) is 0 Å². The van der Waals surface area contributed by atoms with E-state index in [0.29, 0.717) is 0 Å². The Balaban J connectivity index is 0.00000165. The molecular weight excluding hydrogens is 677 g/mol. The maximum absolute atomic E-state index is 7.17. The Morgan fingerprint density at radius 1 is 0.309 bits per heavy atom. The van der Waals surface area contributed by atoms with Crippen LogP contribution in [0.4, 0.5) is 0 Å². The van der Waals surface area contributed by atoms with Crippen molar-refractivity contribution in [2.75, 3.05) is 0 Å². The lowest BCUT2D eigenvalue weighted by Crippen LogP contribution is -1.93. The molecule has 0 aliphatic heterocycles. The fourth-order valence-electron chi connectivity index (χ4n) is 9.06.